The Morgan fingerprint density at radius 1 is 1.20 bits per heavy atom. The zero-order valence-corrected chi connectivity index (χ0v) is 17.4. The fourth-order valence-corrected chi connectivity index (χ4v) is 4.69. The minimum absolute atomic E-state index is 0.0712. The molecule has 30 heavy (non-hydrogen) atoms. The van der Waals surface area contributed by atoms with Crippen LogP contribution in [-0.2, 0) is 18.0 Å². The summed E-state index contributed by atoms with van der Waals surface area (Å²) in [6.07, 6.45) is 2.00. The number of fused-ring (bicyclic) bond motifs is 2. The number of carbonyl (C=O) groups excluding carboxylic acids is 1. The molecular formula is C23H27N3O4. The van der Waals surface area contributed by atoms with Gasteiger partial charge in [-0.3, -0.25) is 4.79 Å². The maximum atomic E-state index is 12.4. The van der Waals surface area contributed by atoms with Crippen molar-refractivity contribution >= 4 is 11.7 Å². The number of carbonyl (C=O) groups is 1. The molecule has 0 bridgehead atoms. The normalized spacial score (nSPS) is 21.2. The lowest BCUT2D eigenvalue weighted by atomic mass is 10.0. The van der Waals surface area contributed by atoms with Crippen molar-refractivity contribution < 1.29 is 19.4 Å². The minimum Gasteiger partial charge on any atom is -0.490 e. The highest BCUT2D eigenvalue weighted by Gasteiger charge is 2.36. The quantitative estimate of drug-likeness (QED) is 0.837. The van der Waals surface area contributed by atoms with Crippen molar-refractivity contribution in [3.05, 3.63) is 52.2 Å². The zero-order chi connectivity index (χ0) is 20.8. The number of hydrogen-bond acceptors (Lipinski definition) is 6. The molecule has 1 aromatic carbocycles. The Bertz CT molecular complexity index is 985. The Kier molecular flexibility index (Phi) is 4.87. The molecule has 1 saturated heterocycles. The Labute approximate surface area is 176 Å². The topological polar surface area (TPSA) is 75.1 Å². The summed E-state index contributed by atoms with van der Waals surface area (Å²) in [6.45, 7) is 4.93. The lowest BCUT2D eigenvalue weighted by molar-refractivity contribution is 0.0715. The highest BCUT2D eigenvalue weighted by atomic mass is 16.5. The molecule has 3 aliphatic rings. The van der Waals surface area contributed by atoms with E-state index in [1.807, 2.05) is 19.1 Å². The lowest BCUT2D eigenvalue weighted by Gasteiger charge is -2.34. The van der Waals surface area contributed by atoms with Gasteiger partial charge in [-0.2, -0.15) is 0 Å². The van der Waals surface area contributed by atoms with Gasteiger partial charge in [0, 0.05) is 33.0 Å². The number of benzene rings is 1. The van der Waals surface area contributed by atoms with Gasteiger partial charge < -0.3 is 24.4 Å². The molecule has 1 fully saturated rings. The van der Waals surface area contributed by atoms with Crippen molar-refractivity contribution in [1.82, 2.24) is 9.88 Å². The van der Waals surface area contributed by atoms with Crippen LogP contribution in [0.3, 0.4) is 0 Å². The van der Waals surface area contributed by atoms with Gasteiger partial charge in [0.25, 0.3) is 5.91 Å². The number of piperidine rings is 1. The summed E-state index contributed by atoms with van der Waals surface area (Å²) in [5, 5.41) is 9.73. The molecule has 0 spiro atoms. The number of amides is 1. The van der Waals surface area contributed by atoms with E-state index in [1.165, 1.54) is 11.1 Å². The first-order valence-electron chi connectivity index (χ1n) is 10.6. The van der Waals surface area contributed by atoms with Gasteiger partial charge in [0.2, 0.25) is 0 Å². The maximum Gasteiger partial charge on any atom is 0.256 e. The van der Waals surface area contributed by atoms with Crippen LogP contribution < -0.4 is 9.64 Å². The predicted molar refractivity (Wildman–Crippen MR) is 112 cm³/mol. The molecule has 7 heteroatoms. The van der Waals surface area contributed by atoms with Crippen LogP contribution in [0.15, 0.2) is 24.3 Å². The van der Waals surface area contributed by atoms with Gasteiger partial charge in [-0.25, -0.2) is 4.98 Å². The Hall–Kier alpha value is -2.64. The second-order valence-corrected chi connectivity index (χ2v) is 8.40. The number of pyridine rings is 1. The second-order valence-electron chi connectivity index (χ2n) is 8.40. The van der Waals surface area contributed by atoms with Crippen LogP contribution in [0.4, 0.5) is 5.82 Å². The number of anilines is 1. The number of rotatable bonds is 4. The number of likely N-dealkylation sites (N-methyl/N-ethyl adjacent to an activating group) is 1. The van der Waals surface area contributed by atoms with E-state index < -0.39 is 0 Å². The monoisotopic (exact) mass is 409 g/mol. The van der Waals surface area contributed by atoms with Crippen LogP contribution in [0.1, 0.15) is 51.6 Å². The zero-order valence-electron chi connectivity index (χ0n) is 17.4. The Balaban J connectivity index is 1.28. The number of ether oxygens (including phenoxy) is 2. The lowest BCUT2D eigenvalue weighted by Crippen LogP contribution is -2.39. The third kappa shape index (κ3) is 3.22. The first-order chi connectivity index (χ1) is 14.5. The van der Waals surface area contributed by atoms with E-state index in [0.717, 1.165) is 43.1 Å². The van der Waals surface area contributed by atoms with Crippen molar-refractivity contribution in [2.24, 2.45) is 0 Å². The number of aryl methyl sites for hydroxylation is 1. The summed E-state index contributed by atoms with van der Waals surface area (Å²) >= 11 is 0. The van der Waals surface area contributed by atoms with Crippen molar-refractivity contribution in [2.45, 2.75) is 45.1 Å². The summed E-state index contributed by atoms with van der Waals surface area (Å²) in [5.41, 5.74) is 4.76. The molecule has 3 aliphatic heterocycles. The van der Waals surface area contributed by atoms with E-state index in [1.54, 1.807) is 11.9 Å². The summed E-state index contributed by atoms with van der Waals surface area (Å²) < 4.78 is 11.7. The molecule has 1 N–H and O–H groups in total. The van der Waals surface area contributed by atoms with E-state index in [9.17, 15) is 9.90 Å². The maximum absolute atomic E-state index is 12.4. The molecule has 7 nitrogen and oxygen atoms in total. The Morgan fingerprint density at radius 2 is 1.97 bits per heavy atom. The number of aliphatic hydroxyl groups excluding tert-OH is 1. The Morgan fingerprint density at radius 3 is 2.73 bits per heavy atom. The summed E-state index contributed by atoms with van der Waals surface area (Å²) in [7, 11) is 1.72. The molecule has 0 aliphatic carbocycles. The van der Waals surface area contributed by atoms with Crippen molar-refractivity contribution in [1.29, 1.82) is 0 Å². The van der Waals surface area contributed by atoms with Crippen LogP contribution in [0.25, 0.3) is 0 Å². The highest BCUT2D eigenvalue weighted by Crippen LogP contribution is 2.35. The molecule has 158 valence electrons. The van der Waals surface area contributed by atoms with Crippen molar-refractivity contribution in [2.75, 3.05) is 31.6 Å². The van der Waals surface area contributed by atoms with Crippen LogP contribution in [-0.4, -0.2) is 53.7 Å². The average molecular weight is 409 g/mol. The predicted octanol–water partition coefficient (Wildman–Crippen LogP) is 2.59. The molecule has 1 atom stereocenters. The molecule has 4 heterocycles. The van der Waals surface area contributed by atoms with E-state index >= 15 is 0 Å². The first kappa shape index (κ1) is 19.3. The molecular weight excluding hydrogens is 382 g/mol. The van der Waals surface area contributed by atoms with Crippen LogP contribution in [0.2, 0.25) is 0 Å². The van der Waals surface area contributed by atoms with Gasteiger partial charge in [-0.15, -0.1) is 0 Å². The fraction of sp³-hybridized carbons (Fsp3) is 0.478. The van der Waals surface area contributed by atoms with Gasteiger partial charge >= 0.3 is 0 Å². The van der Waals surface area contributed by atoms with Gasteiger partial charge in [-0.05, 0) is 41.8 Å². The number of aromatic nitrogens is 1. The number of hydrogen-bond donors (Lipinski definition) is 1. The fourth-order valence-electron chi connectivity index (χ4n) is 4.69. The van der Waals surface area contributed by atoms with Gasteiger partial charge in [0.1, 0.15) is 17.7 Å². The largest absolute Gasteiger partial charge is 0.490 e. The third-order valence-electron chi connectivity index (χ3n) is 6.46. The van der Waals surface area contributed by atoms with E-state index in [4.69, 9.17) is 14.5 Å². The average Bonchev–Trinajstić information content (AvgIpc) is 3.31. The standard InChI is InChI=1S/C23H27N3O4/c1-14-9-19-21(20(11-27)25(2)23(19)28)24-22(14)26-7-5-17(6-8-26)30-18-4-3-15-12-29-13-16(15)10-18/h3-4,9-10,17,20,27H,5-8,11-13H2,1-2H3/t20-/m0/s1. The second kappa shape index (κ2) is 7.56. The van der Waals surface area contributed by atoms with Crippen LogP contribution >= 0.6 is 0 Å². The third-order valence-corrected chi connectivity index (χ3v) is 6.46. The molecule has 1 amide bonds. The van der Waals surface area contributed by atoms with E-state index in [-0.39, 0.29) is 24.7 Å². The summed E-state index contributed by atoms with van der Waals surface area (Å²) in [5.74, 6) is 1.75. The highest BCUT2D eigenvalue weighted by molar-refractivity contribution is 5.99. The molecule has 0 unspecified atom stereocenters. The van der Waals surface area contributed by atoms with Gasteiger partial charge in [0.05, 0.1) is 37.1 Å². The molecule has 0 radical (unpaired) electrons. The van der Waals surface area contributed by atoms with Crippen LogP contribution in [0, 0.1) is 6.92 Å². The van der Waals surface area contributed by atoms with E-state index in [2.05, 4.69) is 17.0 Å². The van der Waals surface area contributed by atoms with Gasteiger partial charge in [-0.1, -0.05) is 6.07 Å². The molecule has 0 saturated carbocycles. The van der Waals surface area contributed by atoms with Crippen molar-refractivity contribution in [3.8, 4) is 5.75 Å². The number of aliphatic hydroxyl groups is 1. The molecule has 1 aromatic heterocycles. The smallest absolute Gasteiger partial charge is 0.256 e. The summed E-state index contributed by atoms with van der Waals surface area (Å²) in [6, 6.07) is 7.79. The molecule has 2 aromatic rings. The minimum atomic E-state index is -0.364. The molecule has 5 rings (SSSR count). The summed E-state index contributed by atoms with van der Waals surface area (Å²) in [4.78, 5) is 21.1. The van der Waals surface area contributed by atoms with Crippen LogP contribution in [0.5, 0.6) is 5.75 Å². The van der Waals surface area contributed by atoms with E-state index in [0.29, 0.717) is 24.5 Å². The SMILES string of the molecule is Cc1cc2c(nc1N1CCC(Oc3ccc4c(c3)COC4)CC1)[C@H](CO)N(C)C2=O. The number of nitrogens with zero attached hydrogens (tertiary/aromatic N) is 3. The first-order valence-corrected chi connectivity index (χ1v) is 10.6. The van der Waals surface area contributed by atoms with Gasteiger partial charge in [0.15, 0.2) is 0 Å². The van der Waals surface area contributed by atoms with Crippen molar-refractivity contribution in [3.63, 3.8) is 0 Å².